The molecule has 0 spiro atoms. The third-order valence-electron chi connectivity index (χ3n) is 1.67. The summed E-state index contributed by atoms with van der Waals surface area (Å²) in [7, 11) is 0. The summed E-state index contributed by atoms with van der Waals surface area (Å²) in [6.45, 7) is 0. The number of hydrogen-bond acceptors (Lipinski definition) is 0. The Balaban J connectivity index is 0.000000205. The van der Waals surface area contributed by atoms with Gasteiger partial charge in [0.05, 0.1) is 0 Å². The largest absolute Gasteiger partial charge is 0.0312 e. The topological polar surface area (TPSA) is 0 Å². The Labute approximate surface area is 142 Å². The molecule has 0 saturated heterocycles. The Bertz CT molecular complexity index is 64.0. The van der Waals surface area contributed by atoms with Gasteiger partial charge in [-0.3, -0.25) is 0 Å². The van der Waals surface area contributed by atoms with Crippen LogP contribution in [0.4, 0.5) is 0 Å². The Hall–Kier alpha value is 1.52. The van der Waals surface area contributed by atoms with Gasteiger partial charge in [0, 0.05) is 46.9 Å². The molecule has 0 aromatic heterocycles. The van der Waals surface area contributed by atoms with Gasteiger partial charge in [0.1, 0.15) is 0 Å². The summed E-state index contributed by atoms with van der Waals surface area (Å²) < 4.78 is 0. The summed E-state index contributed by atoms with van der Waals surface area (Å²) >= 11 is 0. The van der Waals surface area contributed by atoms with E-state index in [0.717, 1.165) is 0 Å². The molecule has 0 amide bonds. The quantitative estimate of drug-likeness (QED) is 0.617. The van der Waals surface area contributed by atoms with E-state index in [1.807, 2.05) is 96.3 Å². The van der Waals surface area contributed by atoms with E-state index in [-0.39, 0.29) is 46.9 Å². The molecule has 0 N–H and O–H groups in total. The minimum atomic E-state index is 0. The van der Waals surface area contributed by atoms with Crippen molar-refractivity contribution < 1.29 is 46.9 Å². The molecule has 15 radical (unpaired) electrons. The molecule has 0 nitrogen and oxygen atoms in total. The van der Waals surface area contributed by atoms with Crippen molar-refractivity contribution >= 4 is 0 Å². The fourth-order valence-corrected chi connectivity index (χ4v) is 0.962. The molecule has 0 aliphatic heterocycles. The van der Waals surface area contributed by atoms with Gasteiger partial charge in [-0.25, -0.2) is 0 Å². The summed E-state index contributed by atoms with van der Waals surface area (Å²) in [4.78, 5) is 0. The molecule has 0 heterocycles. The van der Waals surface area contributed by atoms with Crippen LogP contribution in [0.1, 0.15) is 0 Å². The van der Waals surface area contributed by atoms with Crippen LogP contribution in [-0.4, -0.2) is 0 Å². The molecular formula is C15H15Yb. The zero-order chi connectivity index (χ0) is 10.6. The fourth-order valence-electron chi connectivity index (χ4n) is 0.962. The second-order valence-corrected chi connectivity index (χ2v) is 2.89. The van der Waals surface area contributed by atoms with Crippen molar-refractivity contribution in [3.05, 3.63) is 96.3 Å². The van der Waals surface area contributed by atoms with E-state index < -0.39 is 0 Å². The first-order valence-electron chi connectivity index (χ1n) is 5.00. The zero-order valence-corrected chi connectivity index (χ0v) is 10.6. The van der Waals surface area contributed by atoms with Crippen LogP contribution in [0.25, 0.3) is 0 Å². The molecule has 0 unspecified atom stereocenters. The predicted octanol–water partition coefficient (Wildman–Crippen LogP) is 3.06. The van der Waals surface area contributed by atoms with Crippen LogP contribution in [0.3, 0.4) is 0 Å². The van der Waals surface area contributed by atoms with Crippen LogP contribution >= 0.6 is 0 Å². The van der Waals surface area contributed by atoms with Crippen molar-refractivity contribution in [1.82, 2.24) is 0 Å². The molecule has 3 saturated carbocycles. The monoisotopic (exact) mass is 369 g/mol. The van der Waals surface area contributed by atoms with Crippen LogP contribution in [0.5, 0.6) is 0 Å². The van der Waals surface area contributed by atoms with Gasteiger partial charge in [0.2, 0.25) is 0 Å². The van der Waals surface area contributed by atoms with Gasteiger partial charge >= 0.3 is 0 Å². The minimum Gasteiger partial charge on any atom is -0.0312 e. The summed E-state index contributed by atoms with van der Waals surface area (Å²) in [6.07, 6.45) is 30.0. The van der Waals surface area contributed by atoms with E-state index in [9.17, 15) is 0 Å². The zero-order valence-electron chi connectivity index (χ0n) is 8.93. The van der Waals surface area contributed by atoms with E-state index >= 15 is 0 Å². The average Bonchev–Trinajstić information content (AvgIpc) is 3.09. The van der Waals surface area contributed by atoms with Crippen LogP contribution in [0, 0.1) is 143 Å². The van der Waals surface area contributed by atoms with E-state index in [0.29, 0.717) is 0 Å². The summed E-state index contributed by atoms with van der Waals surface area (Å²) in [5.41, 5.74) is 0. The standard InChI is InChI=1S/3C5H5.Yb/c3*1-2-4-5-3-1;/h3*1-5H;. The van der Waals surface area contributed by atoms with Crippen molar-refractivity contribution in [2.45, 2.75) is 0 Å². The van der Waals surface area contributed by atoms with Gasteiger partial charge < -0.3 is 0 Å². The van der Waals surface area contributed by atoms with E-state index in [1.54, 1.807) is 0 Å². The Kier molecular flexibility index (Phi) is 16.0. The van der Waals surface area contributed by atoms with Crippen molar-refractivity contribution in [3.63, 3.8) is 0 Å². The van der Waals surface area contributed by atoms with E-state index in [4.69, 9.17) is 0 Å². The maximum Gasteiger partial charge on any atom is 0 e. The molecule has 0 bridgehead atoms. The fraction of sp³-hybridized carbons (Fsp3) is 0. The molecule has 3 rings (SSSR count). The van der Waals surface area contributed by atoms with Crippen molar-refractivity contribution in [3.8, 4) is 0 Å². The molecular weight excluding hydrogens is 353 g/mol. The Morgan fingerprint density at radius 2 is 0.250 bits per heavy atom. The predicted molar refractivity (Wildman–Crippen MR) is 64.5 cm³/mol. The summed E-state index contributed by atoms with van der Waals surface area (Å²) in [6, 6.07) is 0. The number of hydrogen-bond donors (Lipinski definition) is 0. The first kappa shape index (κ1) is 17.5. The van der Waals surface area contributed by atoms with Gasteiger partial charge in [-0.15, -0.1) is 0 Å². The number of rotatable bonds is 0. The molecule has 3 aliphatic rings. The molecule has 3 fully saturated rings. The van der Waals surface area contributed by atoms with Crippen LogP contribution in [0.15, 0.2) is 0 Å². The van der Waals surface area contributed by atoms with Gasteiger partial charge in [0.15, 0.2) is 0 Å². The van der Waals surface area contributed by atoms with E-state index in [1.165, 1.54) is 0 Å². The molecule has 0 aromatic rings. The maximum absolute atomic E-state index is 2.00. The van der Waals surface area contributed by atoms with Crippen molar-refractivity contribution in [1.29, 1.82) is 0 Å². The molecule has 89 valence electrons. The smallest absolute Gasteiger partial charge is 0 e. The van der Waals surface area contributed by atoms with Crippen LogP contribution < -0.4 is 0 Å². The van der Waals surface area contributed by atoms with Crippen LogP contribution in [-0.2, 0) is 0 Å². The van der Waals surface area contributed by atoms with Crippen molar-refractivity contribution in [2.75, 3.05) is 0 Å². The maximum atomic E-state index is 2.00. The molecule has 0 aromatic carbocycles. The first-order chi connectivity index (χ1) is 7.50. The first-order valence-corrected chi connectivity index (χ1v) is 5.00. The van der Waals surface area contributed by atoms with E-state index in [2.05, 4.69) is 0 Å². The Morgan fingerprint density at radius 3 is 0.312 bits per heavy atom. The third kappa shape index (κ3) is 12.0. The molecule has 0 atom stereocenters. The normalized spacial score (nSPS) is 22.5. The van der Waals surface area contributed by atoms with Gasteiger partial charge in [-0.05, 0) is 96.3 Å². The summed E-state index contributed by atoms with van der Waals surface area (Å²) in [5.74, 6) is 0. The van der Waals surface area contributed by atoms with Crippen molar-refractivity contribution in [2.24, 2.45) is 0 Å². The van der Waals surface area contributed by atoms with Gasteiger partial charge in [-0.1, -0.05) is 0 Å². The minimum absolute atomic E-state index is 0. The SMILES string of the molecule is [CH]1[CH][CH][CH][CH]1.[CH]1[CH][CH][CH][CH]1.[CH]1[CH][CH][CH][CH]1.[Yb]. The average molecular weight is 368 g/mol. The summed E-state index contributed by atoms with van der Waals surface area (Å²) in [5, 5.41) is 0. The molecule has 1 heteroatoms. The van der Waals surface area contributed by atoms with Gasteiger partial charge in [-0.2, -0.15) is 0 Å². The third-order valence-corrected chi connectivity index (χ3v) is 1.67. The molecule has 3 aliphatic carbocycles. The second-order valence-electron chi connectivity index (χ2n) is 2.89. The Morgan fingerprint density at radius 1 is 0.188 bits per heavy atom. The van der Waals surface area contributed by atoms with Gasteiger partial charge in [0.25, 0.3) is 0 Å². The second kappa shape index (κ2) is 14.6. The molecule has 16 heavy (non-hydrogen) atoms. The van der Waals surface area contributed by atoms with Crippen LogP contribution in [0.2, 0.25) is 0 Å².